The first-order valence-corrected chi connectivity index (χ1v) is 6.41. The van der Waals surface area contributed by atoms with Crippen molar-refractivity contribution in [2.45, 2.75) is 6.42 Å². The quantitative estimate of drug-likeness (QED) is 0.370. The molecule has 3 rings (SSSR count). The molecule has 2 aromatic rings. The van der Waals surface area contributed by atoms with Crippen molar-refractivity contribution in [1.29, 1.82) is 0 Å². The fourth-order valence-electron chi connectivity index (χ4n) is 2.36. The molecular formula is C13H11N5O4. The van der Waals surface area contributed by atoms with E-state index in [4.69, 9.17) is 5.73 Å². The van der Waals surface area contributed by atoms with Gasteiger partial charge in [0.2, 0.25) is 0 Å². The van der Waals surface area contributed by atoms with Crippen LogP contribution in [0.4, 0.5) is 11.4 Å². The Morgan fingerprint density at radius 3 is 2.55 bits per heavy atom. The van der Waals surface area contributed by atoms with Crippen LogP contribution in [0.1, 0.15) is 26.4 Å². The molecule has 1 aromatic heterocycles. The minimum atomic E-state index is -0.681. The van der Waals surface area contributed by atoms with E-state index in [1.165, 1.54) is 12.4 Å². The fourth-order valence-corrected chi connectivity index (χ4v) is 2.36. The van der Waals surface area contributed by atoms with Crippen molar-refractivity contribution in [2.75, 3.05) is 12.3 Å². The lowest BCUT2D eigenvalue weighted by Gasteiger charge is -2.12. The van der Waals surface area contributed by atoms with Crippen molar-refractivity contribution in [1.82, 2.24) is 14.9 Å². The summed E-state index contributed by atoms with van der Waals surface area (Å²) in [5.74, 6) is -1.06. The number of nitro benzene ring substituents is 1. The van der Waals surface area contributed by atoms with Crippen LogP contribution < -0.4 is 5.73 Å². The molecule has 1 aliphatic rings. The molecular weight excluding hydrogens is 290 g/mol. The van der Waals surface area contributed by atoms with Crippen molar-refractivity contribution in [3.8, 4) is 0 Å². The van der Waals surface area contributed by atoms with Gasteiger partial charge in [0.1, 0.15) is 5.69 Å². The molecule has 0 fully saturated rings. The number of H-pyrrole nitrogens is 1. The summed E-state index contributed by atoms with van der Waals surface area (Å²) >= 11 is 0. The van der Waals surface area contributed by atoms with E-state index in [0.29, 0.717) is 12.1 Å². The second-order valence-corrected chi connectivity index (χ2v) is 4.79. The summed E-state index contributed by atoms with van der Waals surface area (Å²) in [5, 5.41) is 10.9. The molecule has 0 spiro atoms. The number of nitrogens with two attached hydrogens (primary N) is 1. The maximum Gasteiger partial charge on any atom is 0.292 e. The van der Waals surface area contributed by atoms with Gasteiger partial charge in [-0.15, -0.1) is 0 Å². The third-order valence-corrected chi connectivity index (χ3v) is 3.46. The molecule has 9 nitrogen and oxygen atoms in total. The number of hydrogen-bond acceptors (Lipinski definition) is 6. The van der Waals surface area contributed by atoms with Crippen molar-refractivity contribution < 1.29 is 14.5 Å². The molecule has 9 heteroatoms. The number of aromatic nitrogens is 2. The lowest BCUT2D eigenvalue weighted by Crippen LogP contribution is -2.31. The van der Waals surface area contributed by atoms with E-state index in [-0.39, 0.29) is 29.0 Å². The number of fused-ring (bicyclic) bond motifs is 1. The van der Waals surface area contributed by atoms with Crippen molar-refractivity contribution in [3.05, 3.63) is 51.6 Å². The fraction of sp³-hybridized carbons (Fsp3) is 0.154. The van der Waals surface area contributed by atoms with Gasteiger partial charge in [0.05, 0.1) is 28.1 Å². The van der Waals surface area contributed by atoms with Gasteiger partial charge in [-0.05, 0) is 6.07 Å². The maximum atomic E-state index is 12.3. The van der Waals surface area contributed by atoms with Gasteiger partial charge in [-0.2, -0.15) is 0 Å². The van der Waals surface area contributed by atoms with E-state index in [9.17, 15) is 19.7 Å². The Balaban J connectivity index is 1.89. The van der Waals surface area contributed by atoms with Crippen LogP contribution in [0.2, 0.25) is 0 Å². The SMILES string of the molecule is Nc1cc2c(cc1[N+](=O)[O-])C(=O)N(CCc1c[nH]cn1)C2=O. The molecule has 1 aliphatic heterocycles. The second-order valence-electron chi connectivity index (χ2n) is 4.79. The van der Waals surface area contributed by atoms with Gasteiger partial charge in [0.25, 0.3) is 17.5 Å². The third kappa shape index (κ3) is 2.08. The molecule has 1 aromatic carbocycles. The van der Waals surface area contributed by atoms with Crippen LogP contribution in [-0.4, -0.2) is 38.2 Å². The number of carbonyl (C=O) groups excluding carboxylic acids is 2. The van der Waals surface area contributed by atoms with Gasteiger partial charge < -0.3 is 10.7 Å². The van der Waals surface area contributed by atoms with Crippen LogP contribution in [0, 0.1) is 10.1 Å². The number of nitrogens with zero attached hydrogens (tertiary/aromatic N) is 3. The number of nitrogens with one attached hydrogen (secondary N) is 1. The predicted octanol–water partition coefficient (Wildman–Crippen LogP) is 0.739. The average molecular weight is 301 g/mol. The van der Waals surface area contributed by atoms with E-state index in [1.807, 2.05) is 0 Å². The lowest BCUT2D eigenvalue weighted by atomic mass is 10.1. The minimum Gasteiger partial charge on any atom is -0.393 e. The zero-order chi connectivity index (χ0) is 15.9. The van der Waals surface area contributed by atoms with Gasteiger partial charge in [-0.1, -0.05) is 0 Å². The standard InChI is InChI=1S/C13H11N5O4/c14-10-3-8-9(4-11(10)18(21)22)13(20)17(12(8)19)2-1-7-5-15-6-16-7/h3-6H,1-2,14H2,(H,15,16). The van der Waals surface area contributed by atoms with Crippen LogP contribution in [0.25, 0.3) is 0 Å². The van der Waals surface area contributed by atoms with Crippen LogP contribution >= 0.6 is 0 Å². The van der Waals surface area contributed by atoms with Crippen molar-refractivity contribution in [2.24, 2.45) is 0 Å². The Labute approximate surface area is 123 Å². The number of rotatable bonds is 4. The smallest absolute Gasteiger partial charge is 0.292 e. The molecule has 2 heterocycles. The van der Waals surface area contributed by atoms with Crippen molar-refractivity contribution >= 4 is 23.2 Å². The van der Waals surface area contributed by atoms with Crippen LogP contribution in [0.15, 0.2) is 24.7 Å². The molecule has 3 N–H and O–H groups in total. The first-order chi connectivity index (χ1) is 10.5. The first kappa shape index (κ1) is 13.7. The van der Waals surface area contributed by atoms with E-state index in [0.717, 1.165) is 11.0 Å². The van der Waals surface area contributed by atoms with Gasteiger partial charge in [-0.3, -0.25) is 24.6 Å². The number of carbonyl (C=O) groups is 2. The normalized spacial score (nSPS) is 13.5. The van der Waals surface area contributed by atoms with Gasteiger partial charge in [-0.25, -0.2) is 4.98 Å². The molecule has 0 unspecified atom stereocenters. The maximum absolute atomic E-state index is 12.3. The number of aromatic amines is 1. The number of amides is 2. The molecule has 0 atom stereocenters. The Kier molecular flexibility index (Phi) is 3.09. The van der Waals surface area contributed by atoms with Crippen molar-refractivity contribution in [3.63, 3.8) is 0 Å². The highest BCUT2D eigenvalue weighted by atomic mass is 16.6. The van der Waals surface area contributed by atoms with Gasteiger partial charge in [0, 0.05) is 25.2 Å². The Hall–Kier alpha value is -3.23. The van der Waals surface area contributed by atoms with Crippen LogP contribution in [0.3, 0.4) is 0 Å². The zero-order valence-corrected chi connectivity index (χ0v) is 11.3. The summed E-state index contributed by atoms with van der Waals surface area (Å²) in [6, 6.07) is 2.24. The van der Waals surface area contributed by atoms with Crippen LogP contribution in [-0.2, 0) is 6.42 Å². The topological polar surface area (TPSA) is 135 Å². The first-order valence-electron chi connectivity index (χ1n) is 6.41. The minimum absolute atomic E-state index is 0.00734. The summed E-state index contributed by atoms with van der Waals surface area (Å²) in [5.41, 5.74) is 5.85. The molecule has 0 aliphatic carbocycles. The molecule has 112 valence electrons. The Bertz CT molecular complexity index is 784. The number of hydrogen-bond donors (Lipinski definition) is 2. The average Bonchev–Trinajstić information content (AvgIpc) is 3.06. The van der Waals surface area contributed by atoms with Gasteiger partial charge >= 0.3 is 0 Å². The number of nitrogen functional groups attached to an aromatic ring is 1. The third-order valence-electron chi connectivity index (χ3n) is 3.46. The summed E-state index contributed by atoms with van der Waals surface area (Å²) in [6.07, 6.45) is 3.56. The number of nitro groups is 1. The highest BCUT2D eigenvalue weighted by Gasteiger charge is 2.37. The Morgan fingerprint density at radius 2 is 1.95 bits per heavy atom. The predicted molar refractivity (Wildman–Crippen MR) is 75.2 cm³/mol. The van der Waals surface area contributed by atoms with Crippen LogP contribution in [0.5, 0.6) is 0 Å². The molecule has 0 bridgehead atoms. The Morgan fingerprint density at radius 1 is 1.27 bits per heavy atom. The molecule has 0 radical (unpaired) electrons. The molecule has 2 amide bonds. The molecule has 0 saturated carbocycles. The number of benzene rings is 1. The molecule has 0 saturated heterocycles. The highest BCUT2D eigenvalue weighted by molar-refractivity contribution is 6.22. The zero-order valence-electron chi connectivity index (χ0n) is 11.3. The summed E-state index contributed by atoms with van der Waals surface area (Å²) in [4.78, 5) is 42.6. The highest BCUT2D eigenvalue weighted by Crippen LogP contribution is 2.31. The number of anilines is 1. The number of imide groups is 1. The van der Waals surface area contributed by atoms with E-state index >= 15 is 0 Å². The van der Waals surface area contributed by atoms with E-state index in [2.05, 4.69) is 9.97 Å². The van der Waals surface area contributed by atoms with E-state index in [1.54, 1.807) is 6.20 Å². The summed E-state index contributed by atoms with van der Waals surface area (Å²) in [6.45, 7) is 0.144. The second kappa shape index (κ2) is 4.95. The lowest BCUT2D eigenvalue weighted by molar-refractivity contribution is -0.383. The van der Waals surface area contributed by atoms with E-state index < -0.39 is 16.7 Å². The van der Waals surface area contributed by atoms with Gasteiger partial charge in [0.15, 0.2) is 0 Å². The number of imidazole rings is 1. The monoisotopic (exact) mass is 301 g/mol. The largest absolute Gasteiger partial charge is 0.393 e. The summed E-state index contributed by atoms with van der Waals surface area (Å²) < 4.78 is 0. The summed E-state index contributed by atoms with van der Waals surface area (Å²) in [7, 11) is 0. The molecule has 22 heavy (non-hydrogen) atoms.